The van der Waals surface area contributed by atoms with Crippen LogP contribution in [-0.4, -0.2) is 29.7 Å². The van der Waals surface area contributed by atoms with Gasteiger partial charge in [-0.15, -0.1) is 0 Å². The Bertz CT molecular complexity index is 208. The normalized spacial score (nSPS) is 20.1. The number of hydrogen-bond acceptors (Lipinski definition) is 2. The van der Waals surface area contributed by atoms with Crippen LogP contribution in [0.15, 0.2) is 0 Å². The van der Waals surface area contributed by atoms with Crippen molar-refractivity contribution in [3.8, 4) is 0 Å². The Morgan fingerprint density at radius 1 is 1.38 bits per heavy atom. The van der Waals surface area contributed by atoms with Gasteiger partial charge >= 0.3 is 6.09 Å². The SMILES string of the molecule is CC.CCC1CCN(C(=O)OC(C)(C)C)C1. The average molecular weight is 229 g/mol. The minimum Gasteiger partial charge on any atom is -0.444 e. The van der Waals surface area contributed by atoms with Crippen molar-refractivity contribution in [3.63, 3.8) is 0 Å². The van der Waals surface area contributed by atoms with E-state index in [1.165, 1.54) is 0 Å². The smallest absolute Gasteiger partial charge is 0.410 e. The summed E-state index contributed by atoms with van der Waals surface area (Å²) in [4.78, 5) is 13.4. The second-order valence-electron chi connectivity index (χ2n) is 4.99. The Kier molecular flexibility index (Phi) is 6.46. The summed E-state index contributed by atoms with van der Waals surface area (Å²) in [5.74, 6) is 0.669. The summed E-state index contributed by atoms with van der Waals surface area (Å²) in [5.41, 5.74) is -0.374. The van der Waals surface area contributed by atoms with Crippen LogP contribution < -0.4 is 0 Å². The molecule has 0 N–H and O–H groups in total. The van der Waals surface area contributed by atoms with Crippen molar-refractivity contribution >= 4 is 6.09 Å². The van der Waals surface area contributed by atoms with Crippen LogP contribution in [0.1, 0.15) is 54.4 Å². The van der Waals surface area contributed by atoms with Gasteiger partial charge in [0.05, 0.1) is 0 Å². The van der Waals surface area contributed by atoms with E-state index in [-0.39, 0.29) is 11.7 Å². The topological polar surface area (TPSA) is 29.5 Å². The van der Waals surface area contributed by atoms with Gasteiger partial charge in [-0.2, -0.15) is 0 Å². The Labute approximate surface area is 100 Å². The molecule has 1 fully saturated rings. The van der Waals surface area contributed by atoms with Crippen molar-refractivity contribution < 1.29 is 9.53 Å². The molecule has 3 nitrogen and oxygen atoms in total. The van der Waals surface area contributed by atoms with E-state index in [4.69, 9.17) is 4.74 Å². The third-order valence-corrected chi connectivity index (χ3v) is 2.51. The molecule has 1 saturated heterocycles. The first-order chi connectivity index (χ1) is 7.42. The van der Waals surface area contributed by atoms with Gasteiger partial charge in [0, 0.05) is 13.1 Å². The Balaban J connectivity index is 0.00000106. The summed E-state index contributed by atoms with van der Waals surface area (Å²) in [7, 11) is 0. The Morgan fingerprint density at radius 2 is 1.94 bits per heavy atom. The largest absolute Gasteiger partial charge is 0.444 e. The third kappa shape index (κ3) is 5.38. The number of amides is 1. The van der Waals surface area contributed by atoms with Gasteiger partial charge in [0.25, 0.3) is 0 Å². The quantitative estimate of drug-likeness (QED) is 0.686. The first-order valence-corrected chi connectivity index (χ1v) is 6.40. The van der Waals surface area contributed by atoms with Crippen LogP contribution in [0.3, 0.4) is 0 Å². The number of carbonyl (C=O) groups is 1. The van der Waals surface area contributed by atoms with E-state index in [1.54, 1.807) is 0 Å². The second-order valence-corrected chi connectivity index (χ2v) is 4.99. The van der Waals surface area contributed by atoms with E-state index in [0.717, 1.165) is 25.9 Å². The van der Waals surface area contributed by atoms with Gasteiger partial charge in [-0.3, -0.25) is 0 Å². The Hall–Kier alpha value is -0.730. The molecule has 0 aliphatic carbocycles. The summed E-state index contributed by atoms with van der Waals surface area (Å²) in [6.45, 7) is 13.6. The van der Waals surface area contributed by atoms with Crippen molar-refractivity contribution in [1.82, 2.24) is 4.90 Å². The number of rotatable bonds is 1. The zero-order chi connectivity index (χ0) is 12.8. The van der Waals surface area contributed by atoms with Gasteiger partial charge in [0.15, 0.2) is 0 Å². The highest BCUT2D eigenvalue weighted by Crippen LogP contribution is 2.21. The molecular weight excluding hydrogens is 202 g/mol. The van der Waals surface area contributed by atoms with Crippen LogP contribution in [0.4, 0.5) is 4.79 Å². The van der Waals surface area contributed by atoms with Crippen LogP contribution >= 0.6 is 0 Å². The van der Waals surface area contributed by atoms with Crippen molar-refractivity contribution in [2.45, 2.75) is 60.0 Å². The summed E-state index contributed by atoms with van der Waals surface area (Å²) in [6, 6.07) is 0. The monoisotopic (exact) mass is 229 g/mol. The molecule has 1 heterocycles. The predicted octanol–water partition coefficient (Wildman–Crippen LogP) is 3.68. The number of hydrogen-bond donors (Lipinski definition) is 0. The maximum absolute atomic E-state index is 11.6. The van der Waals surface area contributed by atoms with E-state index in [2.05, 4.69) is 6.92 Å². The molecule has 1 atom stereocenters. The van der Waals surface area contributed by atoms with Crippen molar-refractivity contribution in [3.05, 3.63) is 0 Å². The van der Waals surface area contributed by atoms with E-state index in [1.807, 2.05) is 39.5 Å². The zero-order valence-corrected chi connectivity index (χ0v) is 11.7. The van der Waals surface area contributed by atoms with Gasteiger partial charge in [0.1, 0.15) is 5.60 Å². The highest BCUT2D eigenvalue weighted by Gasteiger charge is 2.28. The van der Waals surface area contributed by atoms with Crippen molar-refractivity contribution in [2.24, 2.45) is 5.92 Å². The van der Waals surface area contributed by atoms with Crippen molar-refractivity contribution in [1.29, 1.82) is 0 Å². The molecular formula is C13H27NO2. The molecule has 0 aromatic carbocycles. The highest BCUT2D eigenvalue weighted by atomic mass is 16.6. The first-order valence-electron chi connectivity index (χ1n) is 6.40. The number of nitrogens with zero attached hydrogens (tertiary/aromatic N) is 1. The van der Waals surface area contributed by atoms with Crippen LogP contribution in [0, 0.1) is 5.92 Å². The maximum Gasteiger partial charge on any atom is 0.410 e. The summed E-state index contributed by atoms with van der Waals surface area (Å²) in [5, 5.41) is 0. The first kappa shape index (κ1) is 15.3. The molecule has 0 radical (unpaired) electrons. The lowest BCUT2D eigenvalue weighted by Gasteiger charge is -2.24. The lowest BCUT2D eigenvalue weighted by molar-refractivity contribution is 0.0288. The fourth-order valence-electron chi connectivity index (χ4n) is 1.66. The number of likely N-dealkylation sites (tertiary alicyclic amines) is 1. The summed E-state index contributed by atoms with van der Waals surface area (Å²) >= 11 is 0. The average Bonchev–Trinajstić information content (AvgIpc) is 2.66. The van der Waals surface area contributed by atoms with E-state index in [9.17, 15) is 4.79 Å². The molecule has 1 rings (SSSR count). The minimum absolute atomic E-state index is 0.159. The fourth-order valence-corrected chi connectivity index (χ4v) is 1.66. The molecule has 1 aliphatic heterocycles. The van der Waals surface area contributed by atoms with Crippen LogP contribution in [0.2, 0.25) is 0 Å². The molecule has 1 unspecified atom stereocenters. The molecule has 0 saturated carbocycles. The Morgan fingerprint density at radius 3 is 2.31 bits per heavy atom. The summed E-state index contributed by atoms with van der Waals surface area (Å²) in [6.07, 6.45) is 2.11. The van der Waals surface area contributed by atoms with E-state index in [0.29, 0.717) is 5.92 Å². The molecule has 1 aliphatic rings. The molecule has 0 spiro atoms. The van der Waals surface area contributed by atoms with Gasteiger partial charge in [-0.05, 0) is 33.1 Å². The van der Waals surface area contributed by atoms with Crippen LogP contribution in [0.5, 0.6) is 0 Å². The predicted molar refractivity (Wildman–Crippen MR) is 67.6 cm³/mol. The number of carbonyl (C=O) groups excluding carboxylic acids is 1. The van der Waals surface area contributed by atoms with Gasteiger partial charge < -0.3 is 9.64 Å². The van der Waals surface area contributed by atoms with E-state index < -0.39 is 0 Å². The van der Waals surface area contributed by atoms with Crippen LogP contribution in [-0.2, 0) is 4.74 Å². The lowest BCUT2D eigenvalue weighted by atomic mass is 10.1. The van der Waals surface area contributed by atoms with E-state index >= 15 is 0 Å². The molecule has 0 aromatic heterocycles. The minimum atomic E-state index is -0.374. The van der Waals surface area contributed by atoms with Gasteiger partial charge in [0.2, 0.25) is 0 Å². The molecule has 0 aromatic rings. The van der Waals surface area contributed by atoms with Gasteiger partial charge in [-0.25, -0.2) is 4.79 Å². The molecule has 0 bridgehead atoms. The van der Waals surface area contributed by atoms with Gasteiger partial charge in [-0.1, -0.05) is 27.2 Å². The highest BCUT2D eigenvalue weighted by molar-refractivity contribution is 5.68. The fraction of sp³-hybridized carbons (Fsp3) is 0.923. The maximum atomic E-state index is 11.6. The molecule has 1 amide bonds. The molecule has 3 heteroatoms. The second kappa shape index (κ2) is 6.77. The molecule has 96 valence electrons. The zero-order valence-electron chi connectivity index (χ0n) is 11.7. The number of ether oxygens (including phenoxy) is 1. The lowest BCUT2D eigenvalue weighted by Crippen LogP contribution is -2.35. The summed E-state index contributed by atoms with van der Waals surface area (Å²) < 4.78 is 5.30. The molecule has 16 heavy (non-hydrogen) atoms. The standard InChI is InChI=1S/C11H21NO2.C2H6/c1-5-9-6-7-12(8-9)10(13)14-11(2,3)4;1-2/h9H,5-8H2,1-4H3;1-2H3. The van der Waals surface area contributed by atoms with Crippen molar-refractivity contribution in [2.75, 3.05) is 13.1 Å². The third-order valence-electron chi connectivity index (χ3n) is 2.51. The van der Waals surface area contributed by atoms with Crippen LogP contribution in [0.25, 0.3) is 0 Å².